The molecule has 5 heteroatoms. The summed E-state index contributed by atoms with van der Waals surface area (Å²) in [4.78, 5) is 0. The summed E-state index contributed by atoms with van der Waals surface area (Å²) in [6.07, 6.45) is -1.91. The lowest BCUT2D eigenvalue weighted by molar-refractivity contribution is -0.147. The smallest absolute Gasteiger partial charge is 0.407 e. The fraction of sp³-hybridized carbons (Fsp3) is 0.750. The molecule has 0 aliphatic carbocycles. The summed E-state index contributed by atoms with van der Waals surface area (Å²) >= 11 is 0. The number of rotatable bonds is 2. The van der Waals surface area contributed by atoms with Crippen molar-refractivity contribution < 1.29 is 17.9 Å². The molecule has 0 fully saturated rings. The molecule has 76 valence electrons. The molecule has 2 nitrogen and oxygen atoms in total. The second kappa shape index (κ2) is 4.00. The van der Waals surface area contributed by atoms with E-state index in [1.54, 1.807) is 0 Å². The molecule has 1 atom stereocenters. The molecule has 0 aromatic rings. The van der Waals surface area contributed by atoms with E-state index in [1.165, 1.54) is 13.3 Å². The Balaban J connectivity index is 2.70. The third-order valence-electron chi connectivity index (χ3n) is 1.95. The van der Waals surface area contributed by atoms with Gasteiger partial charge >= 0.3 is 6.18 Å². The van der Waals surface area contributed by atoms with Gasteiger partial charge in [-0.05, 0) is 25.5 Å². The second-order valence-electron chi connectivity index (χ2n) is 2.93. The fourth-order valence-electron chi connectivity index (χ4n) is 1.36. The maximum Gasteiger partial charge on any atom is 0.407 e. The number of nitrogens with one attached hydrogen (secondary N) is 1. The Bertz CT molecular complexity index is 200. The van der Waals surface area contributed by atoms with Gasteiger partial charge in [-0.25, -0.2) is 0 Å². The van der Waals surface area contributed by atoms with Gasteiger partial charge in [0.15, 0.2) is 0 Å². The summed E-state index contributed by atoms with van der Waals surface area (Å²) in [6, 6.07) is -1.56. The predicted octanol–water partition coefficient (Wildman–Crippen LogP) is 1.83. The van der Waals surface area contributed by atoms with Gasteiger partial charge in [0.1, 0.15) is 6.04 Å². The molecule has 0 amide bonds. The van der Waals surface area contributed by atoms with E-state index in [-0.39, 0.29) is 5.57 Å². The van der Waals surface area contributed by atoms with Crippen molar-refractivity contribution in [1.82, 2.24) is 5.32 Å². The van der Waals surface area contributed by atoms with Crippen LogP contribution in [0.2, 0.25) is 0 Å². The summed E-state index contributed by atoms with van der Waals surface area (Å²) in [5.41, 5.74) is 0.279. The highest BCUT2D eigenvalue weighted by molar-refractivity contribution is 5.12. The van der Waals surface area contributed by atoms with Crippen LogP contribution in [-0.2, 0) is 4.74 Å². The van der Waals surface area contributed by atoms with Crippen LogP contribution in [0, 0.1) is 0 Å². The second-order valence-corrected chi connectivity index (χ2v) is 2.93. The van der Waals surface area contributed by atoms with Gasteiger partial charge in [0.25, 0.3) is 0 Å². The SMILES string of the molecule is CNC(C1=COCCC1)C(F)(F)F. The zero-order chi connectivity index (χ0) is 9.90. The summed E-state index contributed by atoms with van der Waals surface area (Å²) in [6.45, 7) is 0.512. The number of likely N-dealkylation sites (N-methyl/N-ethyl adjacent to an activating group) is 1. The van der Waals surface area contributed by atoms with Crippen LogP contribution in [0.3, 0.4) is 0 Å². The van der Waals surface area contributed by atoms with Crippen molar-refractivity contribution in [1.29, 1.82) is 0 Å². The molecule has 1 rings (SSSR count). The summed E-state index contributed by atoms with van der Waals surface area (Å²) in [5.74, 6) is 0. The lowest BCUT2D eigenvalue weighted by Gasteiger charge is -2.24. The number of hydrogen-bond acceptors (Lipinski definition) is 2. The Labute approximate surface area is 74.8 Å². The minimum atomic E-state index is -4.23. The quantitative estimate of drug-likeness (QED) is 0.725. The largest absolute Gasteiger partial charge is 0.501 e. The van der Waals surface area contributed by atoms with Crippen molar-refractivity contribution in [2.24, 2.45) is 0 Å². The molecular formula is C8H12F3NO. The molecule has 0 aromatic heterocycles. The molecule has 1 N–H and O–H groups in total. The van der Waals surface area contributed by atoms with Crippen LogP contribution in [0.25, 0.3) is 0 Å². The summed E-state index contributed by atoms with van der Waals surface area (Å²) in [7, 11) is 1.30. The van der Waals surface area contributed by atoms with E-state index >= 15 is 0 Å². The Hall–Kier alpha value is -0.710. The van der Waals surface area contributed by atoms with Gasteiger partial charge in [-0.15, -0.1) is 0 Å². The minimum absolute atomic E-state index is 0.279. The topological polar surface area (TPSA) is 21.3 Å². The van der Waals surface area contributed by atoms with E-state index in [2.05, 4.69) is 5.32 Å². The first-order valence-corrected chi connectivity index (χ1v) is 4.10. The maximum atomic E-state index is 12.3. The standard InChI is InChI=1S/C8H12F3NO/c1-12-7(8(9,10)11)6-3-2-4-13-5-6/h5,7,12H,2-4H2,1H3. The van der Waals surface area contributed by atoms with Crippen LogP contribution in [0.4, 0.5) is 13.2 Å². The van der Waals surface area contributed by atoms with Gasteiger partial charge < -0.3 is 10.1 Å². The molecular weight excluding hydrogens is 183 g/mol. The van der Waals surface area contributed by atoms with Crippen LogP contribution < -0.4 is 5.32 Å². The highest BCUT2D eigenvalue weighted by Gasteiger charge is 2.41. The Morgan fingerprint density at radius 3 is 2.62 bits per heavy atom. The van der Waals surface area contributed by atoms with Gasteiger partial charge in [0.2, 0.25) is 0 Å². The number of hydrogen-bond donors (Lipinski definition) is 1. The highest BCUT2D eigenvalue weighted by Crippen LogP contribution is 2.28. The minimum Gasteiger partial charge on any atom is -0.501 e. The van der Waals surface area contributed by atoms with Gasteiger partial charge in [-0.1, -0.05) is 0 Å². The normalized spacial score (nSPS) is 20.5. The fourth-order valence-corrected chi connectivity index (χ4v) is 1.36. The van der Waals surface area contributed by atoms with Crippen LogP contribution in [0.1, 0.15) is 12.8 Å². The summed E-state index contributed by atoms with van der Waals surface area (Å²) < 4.78 is 41.9. The lowest BCUT2D eigenvalue weighted by atomic mass is 10.0. The maximum absolute atomic E-state index is 12.3. The van der Waals surface area contributed by atoms with Crippen molar-refractivity contribution in [3.05, 3.63) is 11.8 Å². The van der Waals surface area contributed by atoms with Crippen LogP contribution in [0.15, 0.2) is 11.8 Å². The zero-order valence-electron chi connectivity index (χ0n) is 7.32. The molecule has 0 radical (unpaired) electrons. The van der Waals surface area contributed by atoms with Crippen LogP contribution in [-0.4, -0.2) is 25.9 Å². The molecule has 1 heterocycles. The summed E-state index contributed by atoms with van der Waals surface area (Å²) in [5, 5.41) is 2.24. The van der Waals surface area contributed by atoms with Crippen LogP contribution in [0.5, 0.6) is 0 Å². The van der Waals surface area contributed by atoms with Crippen molar-refractivity contribution >= 4 is 0 Å². The van der Waals surface area contributed by atoms with Crippen molar-refractivity contribution in [2.45, 2.75) is 25.1 Å². The van der Waals surface area contributed by atoms with Gasteiger partial charge in [-0.2, -0.15) is 13.2 Å². The monoisotopic (exact) mass is 195 g/mol. The number of alkyl halides is 3. The van der Waals surface area contributed by atoms with Crippen molar-refractivity contribution in [3.8, 4) is 0 Å². The van der Waals surface area contributed by atoms with Gasteiger partial charge in [0, 0.05) is 0 Å². The van der Waals surface area contributed by atoms with Crippen molar-refractivity contribution in [3.63, 3.8) is 0 Å². The lowest BCUT2D eigenvalue weighted by Crippen LogP contribution is -2.42. The molecule has 13 heavy (non-hydrogen) atoms. The van der Waals surface area contributed by atoms with Crippen molar-refractivity contribution in [2.75, 3.05) is 13.7 Å². The van der Waals surface area contributed by atoms with E-state index in [0.717, 1.165) is 0 Å². The molecule has 0 bridgehead atoms. The third-order valence-corrected chi connectivity index (χ3v) is 1.95. The average molecular weight is 195 g/mol. The first-order valence-electron chi connectivity index (χ1n) is 4.10. The number of ether oxygens (including phenoxy) is 1. The van der Waals surface area contributed by atoms with E-state index in [1.807, 2.05) is 0 Å². The van der Waals surface area contributed by atoms with Gasteiger partial charge in [-0.3, -0.25) is 0 Å². The van der Waals surface area contributed by atoms with E-state index in [9.17, 15) is 13.2 Å². The average Bonchev–Trinajstić information content (AvgIpc) is 2.05. The first-order chi connectivity index (χ1) is 6.05. The molecule has 0 saturated heterocycles. The Morgan fingerprint density at radius 2 is 2.23 bits per heavy atom. The molecule has 1 unspecified atom stereocenters. The van der Waals surface area contributed by atoms with Gasteiger partial charge in [0.05, 0.1) is 12.9 Å². The van der Waals surface area contributed by atoms with E-state index in [0.29, 0.717) is 19.4 Å². The molecule has 0 spiro atoms. The molecule has 0 aromatic carbocycles. The van der Waals surface area contributed by atoms with E-state index < -0.39 is 12.2 Å². The third kappa shape index (κ3) is 2.62. The first kappa shape index (κ1) is 10.4. The van der Waals surface area contributed by atoms with E-state index in [4.69, 9.17) is 4.74 Å². The van der Waals surface area contributed by atoms with Crippen LogP contribution >= 0.6 is 0 Å². The molecule has 1 aliphatic heterocycles. The number of halogens is 3. The highest BCUT2D eigenvalue weighted by atomic mass is 19.4. The zero-order valence-corrected chi connectivity index (χ0v) is 7.32. The predicted molar refractivity (Wildman–Crippen MR) is 42.2 cm³/mol. The molecule has 1 aliphatic rings. The molecule has 0 saturated carbocycles. The Kier molecular flexibility index (Phi) is 3.19. The Morgan fingerprint density at radius 1 is 1.54 bits per heavy atom.